The number of carbonyl (C=O) groups excluding carboxylic acids is 2. The van der Waals surface area contributed by atoms with Crippen molar-refractivity contribution in [1.82, 2.24) is 15.6 Å². The fourth-order valence-electron chi connectivity index (χ4n) is 3.07. The molecule has 158 valence electrons. The maximum absolute atomic E-state index is 12.8. The number of nitrogens with two attached hydrogens (primary N) is 1. The maximum Gasteiger partial charge on any atom is 0.326 e. The molecule has 1 aromatic heterocycles. The fraction of sp³-hybridized carbons (Fsp3) is 0.476. The third-order valence-electron chi connectivity index (χ3n) is 4.98. The SMILES string of the molecule is CC(C)C(N)C(=O)NC(C(=O)NC(Cc1c[nH]c2ccccc12)C(=O)O)C(C)C. The van der Waals surface area contributed by atoms with Gasteiger partial charge in [-0.2, -0.15) is 0 Å². The zero-order chi connectivity index (χ0) is 21.7. The van der Waals surface area contributed by atoms with Crippen LogP contribution in [0.5, 0.6) is 0 Å². The van der Waals surface area contributed by atoms with E-state index in [1.165, 1.54) is 0 Å². The van der Waals surface area contributed by atoms with Gasteiger partial charge >= 0.3 is 5.97 Å². The summed E-state index contributed by atoms with van der Waals surface area (Å²) in [5, 5.41) is 15.8. The Hall–Kier alpha value is -2.87. The van der Waals surface area contributed by atoms with Crippen molar-refractivity contribution in [3.8, 4) is 0 Å². The average molecular weight is 402 g/mol. The first kappa shape index (κ1) is 22.4. The molecule has 0 saturated carbocycles. The number of aromatic amines is 1. The second-order valence-electron chi connectivity index (χ2n) is 7.96. The Labute approximate surface area is 170 Å². The van der Waals surface area contributed by atoms with Crippen LogP contribution in [0.25, 0.3) is 10.9 Å². The lowest BCUT2D eigenvalue weighted by Crippen LogP contribution is -2.57. The molecule has 6 N–H and O–H groups in total. The fourth-order valence-corrected chi connectivity index (χ4v) is 3.07. The van der Waals surface area contributed by atoms with Gasteiger partial charge in [-0.05, 0) is 23.5 Å². The number of benzene rings is 1. The lowest BCUT2D eigenvalue weighted by molar-refractivity contribution is -0.142. The monoisotopic (exact) mass is 402 g/mol. The topological polar surface area (TPSA) is 137 Å². The molecule has 0 saturated heterocycles. The van der Waals surface area contributed by atoms with Gasteiger partial charge in [0.2, 0.25) is 11.8 Å². The van der Waals surface area contributed by atoms with E-state index in [1.54, 1.807) is 20.0 Å². The summed E-state index contributed by atoms with van der Waals surface area (Å²) in [5.41, 5.74) is 7.55. The van der Waals surface area contributed by atoms with Crippen LogP contribution in [0.2, 0.25) is 0 Å². The van der Waals surface area contributed by atoms with Crippen molar-refractivity contribution in [3.63, 3.8) is 0 Å². The maximum atomic E-state index is 12.8. The molecular formula is C21H30N4O4. The van der Waals surface area contributed by atoms with Crippen LogP contribution in [0.1, 0.15) is 33.3 Å². The van der Waals surface area contributed by atoms with Gasteiger partial charge in [0, 0.05) is 23.5 Å². The molecule has 2 aromatic rings. The first-order valence-electron chi connectivity index (χ1n) is 9.76. The number of rotatable bonds is 9. The molecule has 1 heterocycles. The predicted molar refractivity (Wildman–Crippen MR) is 111 cm³/mol. The molecule has 0 bridgehead atoms. The van der Waals surface area contributed by atoms with Crippen molar-refractivity contribution in [1.29, 1.82) is 0 Å². The molecule has 2 amide bonds. The Morgan fingerprint density at radius 3 is 2.28 bits per heavy atom. The van der Waals surface area contributed by atoms with Gasteiger partial charge < -0.3 is 26.5 Å². The summed E-state index contributed by atoms with van der Waals surface area (Å²) in [4.78, 5) is 39.9. The van der Waals surface area contributed by atoms with Crippen LogP contribution in [-0.4, -0.2) is 46.0 Å². The molecule has 0 spiro atoms. The van der Waals surface area contributed by atoms with Crippen LogP contribution in [-0.2, 0) is 20.8 Å². The third kappa shape index (κ3) is 5.57. The summed E-state index contributed by atoms with van der Waals surface area (Å²) in [6.07, 6.45) is 1.87. The molecule has 2 rings (SSSR count). The first-order chi connectivity index (χ1) is 13.6. The Kier molecular flexibility index (Phi) is 7.39. The highest BCUT2D eigenvalue weighted by atomic mass is 16.4. The van der Waals surface area contributed by atoms with Crippen LogP contribution in [0.15, 0.2) is 30.5 Å². The van der Waals surface area contributed by atoms with Crippen molar-refractivity contribution in [3.05, 3.63) is 36.0 Å². The number of nitrogens with one attached hydrogen (secondary N) is 3. The number of fused-ring (bicyclic) bond motifs is 1. The predicted octanol–water partition coefficient (Wildman–Crippen LogP) is 1.40. The molecule has 0 aliphatic rings. The minimum atomic E-state index is -1.14. The number of carboxylic acid groups (broad SMARTS) is 1. The van der Waals surface area contributed by atoms with Crippen molar-refractivity contribution in [2.24, 2.45) is 17.6 Å². The summed E-state index contributed by atoms with van der Waals surface area (Å²) in [6, 6.07) is 4.80. The van der Waals surface area contributed by atoms with E-state index in [0.29, 0.717) is 0 Å². The highest BCUT2D eigenvalue weighted by Gasteiger charge is 2.30. The minimum Gasteiger partial charge on any atom is -0.480 e. The van der Waals surface area contributed by atoms with E-state index in [4.69, 9.17) is 5.73 Å². The molecule has 0 aliphatic heterocycles. The number of aromatic nitrogens is 1. The molecule has 29 heavy (non-hydrogen) atoms. The van der Waals surface area contributed by atoms with Gasteiger partial charge in [0.15, 0.2) is 0 Å². The minimum absolute atomic E-state index is 0.0838. The number of hydrogen-bond donors (Lipinski definition) is 5. The number of para-hydroxylation sites is 1. The van der Waals surface area contributed by atoms with Crippen molar-refractivity contribution in [2.75, 3.05) is 0 Å². The highest BCUT2D eigenvalue weighted by molar-refractivity contribution is 5.92. The van der Waals surface area contributed by atoms with Crippen LogP contribution in [0.3, 0.4) is 0 Å². The smallest absolute Gasteiger partial charge is 0.326 e. The third-order valence-corrected chi connectivity index (χ3v) is 4.98. The average Bonchev–Trinajstić information content (AvgIpc) is 3.07. The lowest BCUT2D eigenvalue weighted by atomic mass is 9.99. The lowest BCUT2D eigenvalue weighted by Gasteiger charge is -2.26. The normalized spacial score (nSPS) is 14.6. The van der Waals surface area contributed by atoms with Gasteiger partial charge in [-0.1, -0.05) is 45.9 Å². The van der Waals surface area contributed by atoms with Gasteiger partial charge in [-0.15, -0.1) is 0 Å². The van der Waals surface area contributed by atoms with E-state index in [-0.39, 0.29) is 18.3 Å². The number of hydrogen-bond acceptors (Lipinski definition) is 4. The molecule has 0 radical (unpaired) electrons. The van der Waals surface area contributed by atoms with Crippen LogP contribution in [0, 0.1) is 11.8 Å². The number of aliphatic carboxylic acids is 1. The van der Waals surface area contributed by atoms with Gasteiger partial charge in [-0.3, -0.25) is 9.59 Å². The van der Waals surface area contributed by atoms with E-state index >= 15 is 0 Å². The Balaban J connectivity index is 2.14. The summed E-state index contributed by atoms with van der Waals surface area (Å²) in [7, 11) is 0. The van der Waals surface area contributed by atoms with E-state index in [9.17, 15) is 19.5 Å². The second kappa shape index (κ2) is 9.56. The summed E-state index contributed by atoms with van der Waals surface area (Å²) in [5.74, 6) is -2.44. The largest absolute Gasteiger partial charge is 0.480 e. The molecule has 3 unspecified atom stereocenters. The van der Waals surface area contributed by atoms with E-state index in [2.05, 4.69) is 15.6 Å². The first-order valence-corrected chi connectivity index (χ1v) is 9.76. The molecule has 0 aliphatic carbocycles. The van der Waals surface area contributed by atoms with Crippen LogP contribution in [0.4, 0.5) is 0 Å². The van der Waals surface area contributed by atoms with E-state index < -0.39 is 35.9 Å². The second-order valence-corrected chi connectivity index (χ2v) is 7.96. The Bertz CT molecular complexity index is 874. The molecule has 8 heteroatoms. The van der Waals surface area contributed by atoms with Crippen molar-refractivity contribution >= 4 is 28.7 Å². The van der Waals surface area contributed by atoms with Crippen LogP contribution >= 0.6 is 0 Å². The van der Waals surface area contributed by atoms with Crippen molar-refractivity contribution in [2.45, 2.75) is 52.2 Å². The van der Waals surface area contributed by atoms with Crippen LogP contribution < -0.4 is 16.4 Å². The molecular weight excluding hydrogens is 372 g/mol. The Morgan fingerprint density at radius 1 is 1.03 bits per heavy atom. The molecule has 3 atom stereocenters. The van der Waals surface area contributed by atoms with E-state index in [0.717, 1.165) is 16.5 Å². The molecule has 1 aromatic carbocycles. The number of carbonyl (C=O) groups is 3. The number of carboxylic acids is 1. The van der Waals surface area contributed by atoms with Gasteiger partial charge in [0.05, 0.1) is 6.04 Å². The van der Waals surface area contributed by atoms with Gasteiger partial charge in [0.25, 0.3) is 0 Å². The molecule has 8 nitrogen and oxygen atoms in total. The summed E-state index contributed by atoms with van der Waals surface area (Å²) >= 11 is 0. The van der Waals surface area contributed by atoms with Crippen molar-refractivity contribution < 1.29 is 19.5 Å². The summed E-state index contributed by atoms with van der Waals surface area (Å²) in [6.45, 7) is 7.19. The Morgan fingerprint density at radius 2 is 1.69 bits per heavy atom. The number of H-pyrrole nitrogens is 1. The highest BCUT2D eigenvalue weighted by Crippen LogP contribution is 2.19. The standard InChI is InChI=1S/C21H30N4O4/c1-11(2)17(22)19(26)25-18(12(3)4)20(27)24-16(21(28)29)9-13-10-23-15-8-6-5-7-14(13)15/h5-8,10-12,16-18,23H,9,22H2,1-4H3,(H,24,27)(H,25,26)(H,28,29). The zero-order valence-corrected chi connectivity index (χ0v) is 17.2. The molecule has 0 fully saturated rings. The van der Waals surface area contributed by atoms with E-state index in [1.807, 2.05) is 38.1 Å². The van der Waals surface area contributed by atoms with Gasteiger partial charge in [-0.25, -0.2) is 4.79 Å². The summed E-state index contributed by atoms with van der Waals surface area (Å²) < 4.78 is 0. The zero-order valence-electron chi connectivity index (χ0n) is 17.2. The van der Waals surface area contributed by atoms with Gasteiger partial charge in [0.1, 0.15) is 12.1 Å². The quantitative estimate of drug-likeness (QED) is 0.432. The number of amides is 2.